The van der Waals surface area contributed by atoms with Gasteiger partial charge in [0.2, 0.25) is 0 Å². The van der Waals surface area contributed by atoms with Gasteiger partial charge in [-0.25, -0.2) is 5.10 Å². The monoisotopic (exact) mass is 267 g/mol. The second kappa shape index (κ2) is 3.58. The Morgan fingerprint density at radius 3 is 2.88 bits per heavy atom. The molecule has 0 aliphatic rings. The number of fused-ring (bicyclic) bond motifs is 3. The predicted molar refractivity (Wildman–Crippen MR) is 70.3 cm³/mol. The van der Waals surface area contributed by atoms with E-state index in [2.05, 4.69) is 10.2 Å². The normalized spacial score (nSPS) is 12.0. The SMILES string of the molecule is CC(C)c1n[nH]c(=O)c2cc3sc(Cl)cc3n12. The van der Waals surface area contributed by atoms with Gasteiger partial charge in [0.25, 0.3) is 5.56 Å². The van der Waals surface area contributed by atoms with Gasteiger partial charge in [0.15, 0.2) is 0 Å². The summed E-state index contributed by atoms with van der Waals surface area (Å²) in [6, 6.07) is 3.74. The summed E-state index contributed by atoms with van der Waals surface area (Å²) in [5.41, 5.74) is 1.41. The zero-order valence-corrected chi connectivity index (χ0v) is 10.9. The van der Waals surface area contributed by atoms with Gasteiger partial charge in [-0.2, -0.15) is 5.10 Å². The maximum absolute atomic E-state index is 11.7. The fourth-order valence-electron chi connectivity index (χ4n) is 1.98. The fraction of sp³-hybridized carbons (Fsp3) is 0.273. The first kappa shape index (κ1) is 10.8. The minimum atomic E-state index is -0.172. The molecule has 0 amide bonds. The molecule has 0 radical (unpaired) electrons. The first-order valence-corrected chi connectivity index (χ1v) is 6.46. The largest absolute Gasteiger partial charge is 0.290 e. The number of aromatic amines is 1. The Hall–Kier alpha value is -1.33. The first-order chi connectivity index (χ1) is 8.08. The van der Waals surface area contributed by atoms with Crippen LogP contribution in [0.5, 0.6) is 0 Å². The molecule has 0 aliphatic carbocycles. The summed E-state index contributed by atoms with van der Waals surface area (Å²) in [6.07, 6.45) is 0. The molecule has 0 saturated heterocycles. The van der Waals surface area contributed by atoms with E-state index in [1.165, 1.54) is 11.3 Å². The first-order valence-electron chi connectivity index (χ1n) is 5.27. The number of rotatable bonds is 1. The van der Waals surface area contributed by atoms with Crippen LogP contribution in [0.2, 0.25) is 4.34 Å². The van der Waals surface area contributed by atoms with Crippen LogP contribution in [0.25, 0.3) is 15.7 Å². The summed E-state index contributed by atoms with van der Waals surface area (Å²) in [6.45, 7) is 4.08. The lowest BCUT2D eigenvalue weighted by Crippen LogP contribution is -2.16. The summed E-state index contributed by atoms with van der Waals surface area (Å²) in [5, 5.41) is 6.66. The molecule has 0 aliphatic heterocycles. The van der Waals surface area contributed by atoms with Crippen molar-refractivity contribution in [3.8, 4) is 0 Å². The number of H-pyrrole nitrogens is 1. The molecule has 0 saturated carbocycles. The highest BCUT2D eigenvalue weighted by Gasteiger charge is 2.15. The van der Waals surface area contributed by atoms with E-state index in [9.17, 15) is 4.79 Å². The van der Waals surface area contributed by atoms with Crippen molar-refractivity contribution in [1.82, 2.24) is 14.6 Å². The number of thiophene rings is 1. The lowest BCUT2D eigenvalue weighted by molar-refractivity contribution is 0.719. The molecule has 3 rings (SSSR count). The van der Waals surface area contributed by atoms with Crippen LogP contribution in [-0.2, 0) is 0 Å². The quantitative estimate of drug-likeness (QED) is 0.737. The van der Waals surface area contributed by atoms with Crippen molar-refractivity contribution < 1.29 is 0 Å². The van der Waals surface area contributed by atoms with Gasteiger partial charge in [-0.1, -0.05) is 25.4 Å². The van der Waals surface area contributed by atoms with Crippen LogP contribution in [0.4, 0.5) is 0 Å². The minimum absolute atomic E-state index is 0.172. The van der Waals surface area contributed by atoms with E-state index >= 15 is 0 Å². The van der Waals surface area contributed by atoms with Gasteiger partial charge in [0, 0.05) is 5.92 Å². The van der Waals surface area contributed by atoms with E-state index in [-0.39, 0.29) is 11.5 Å². The summed E-state index contributed by atoms with van der Waals surface area (Å²) < 4.78 is 3.62. The Morgan fingerprint density at radius 2 is 2.18 bits per heavy atom. The second-order valence-electron chi connectivity index (χ2n) is 4.23. The van der Waals surface area contributed by atoms with Crippen molar-refractivity contribution >= 4 is 38.7 Å². The number of hydrogen-bond donors (Lipinski definition) is 1. The molecule has 0 fully saturated rings. The summed E-state index contributed by atoms with van der Waals surface area (Å²) in [7, 11) is 0. The molecular weight excluding hydrogens is 258 g/mol. The van der Waals surface area contributed by atoms with Crippen LogP contribution in [0.1, 0.15) is 25.6 Å². The Labute approximate surface area is 106 Å². The van der Waals surface area contributed by atoms with Gasteiger partial charge in [-0.15, -0.1) is 11.3 Å². The van der Waals surface area contributed by atoms with E-state index in [4.69, 9.17) is 11.6 Å². The Bertz CT molecular complexity index is 768. The highest BCUT2D eigenvalue weighted by atomic mass is 35.5. The van der Waals surface area contributed by atoms with Crippen LogP contribution in [-0.4, -0.2) is 14.6 Å². The molecule has 4 nitrogen and oxygen atoms in total. The maximum Gasteiger partial charge on any atom is 0.288 e. The van der Waals surface area contributed by atoms with Gasteiger partial charge < -0.3 is 0 Å². The molecule has 88 valence electrons. The molecule has 3 aromatic rings. The third kappa shape index (κ3) is 1.50. The number of hydrogen-bond acceptors (Lipinski definition) is 3. The predicted octanol–water partition coefficient (Wildman–Crippen LogP) is 3.01. The minimum Gasteiger partial charge on any atom is -0.290 e. The third-order valence-electron chi connectivity index (χ3n) is 2.71. The van der Waals surface area contributed by atoms with Crippen molar-refractivity contribution in [3.05, 3.63) is 32.6 Å². The summed E-state index contributed by atoms with van der Waals surface area (Å²) in [5.74, 6) is 1.06. The van der Waals surface area contributed by atoms with E-state index in [1.807, 2.05) is 30.4 Å². The van der Waals surface area contributed by atoms with E-state index in [0.29, 0.717) is 5.52 Å². The zero-order chi connectivity index (χ0) is 12.2. The fourth-order valence-corrected chi connectivity index (χ4v) is 3.14. The van der Waals surface area contributed by atoms with Crippen LogP contribution in [0.3, 0.4) is 0 Å². The highest BCUT2D eigenvalue weighted by molar-refractivity contribution is 7.22. The van der Waals surface area contributed by atoms with Crippen LogP contribution < -0.4 is 5.56 Å². The number of aromatic nitrogens is 3. The molecule has 1 N–H and O–H groups in total. The topological polar surface area (TPSA) is 50.2 Å². The summed E-state index contributed by atoms with van der Waals surface area (Å²) >= 11 is 7.47. The molecule has 0 bridgehead atoms. The van der Waals surface area contributed by atoms with Crippen LogP contribution >= 0.6 is 22.9 Å². The Balaban J connectivity index is 2.58. The Kier molecular flexibility index (Phi) is 2.27. The molecular formula is C11H10ClN3OS. The highest BCUT2D eigenvalue weighted by Crippen LogP contribution is 2.32. The van der Waals surface area contributed by atoms with Gasteiger partial charge in [-0.3, -0.25) is 9.20 Å². The van der Waals surface area contributed by atoms with Crippen molar-refractivity contribution in [2.24, 2.45) is 0 Å². The molecule has 6 heteroatoms. The molecule has 0 spiro atoms. The smallest absolute Gasteiger partial charge is 0.288 e. The standard InChI is InChI=1S/C11H10ClN3OS/c1-5(2)10-13-14-11(16)7-3-8-6(15(7)10)4-9(12)17-8/h3-5H,1-2H3,(H,14,16). The molecule has 0 unspecified atom stereocenters. The second-order valence-corrected chi connectivity index (χ2v) is 5.95. The average Bonchev–Trinajstić information content (AvgIpc) is 2.75. The average molecular weight is 268 g/mol. The lowest BCUT2D eigenvalue weighted by Gasteiger charge is -2.07. The zero-order valence-electron chi connectivity index (χ0n) is 9.32. The van der Waals surface area contributed by atoms with Crippen molar-refractivity contribution in [1.29, 1.82) is 0 Å². The van der Waals surface area contributed by atoms with E-state index < -0.39 is 0 Å². The van der Waals surface area contributed by atoms with Gasteiger partial charge in [-0.05, 0) is 12.1 Å². The Morgan fingerprint density at radius 1 is 1.41 bits per heavy atom. The van der Waals surface area contributed by atoms with Crippen LogP contribution in [0.15, 0.2) is 16.9 Å². The van der Waals surface area contributed by atoms with Crippen molar-refractivity contribution in [2.75, 3.05) is 0 Å². The van der Waals surface area contributed by atoms with Gasteiger partial charge in [0.05, 0.1) is 14.6 Å². The van der Waals surface area contributed by atoms with E-state index in [1.54, 1.807) is 0 Å². The molecule has 3 heterocycles. The van der Waals surface area contributed by atoms with Gasteiger partial charge in [0.1, 0.15) is 11.3 Å². The van der Waals surface area contributed by atoms with Crippen LogP contribution in [0, 0.1) is 0 Å². The number of nitrogens with one attached hydrogen (secondary N) is 1. The van der Waals surface area contributed by atoms with Crippen molar-refractivity contribution in [3.63, 3.8) is 0 Å². The molecule has 0 aromatic carbocycles. The molecule has 17 heavy (non-hydrogen) atoms. The summed E-state index contributed by atoms with van der Waals surface area (Å²) in [4.78, 5) is 11.7. The molecule has 0 atom stereocenters. The lowest BCUT2D eigenvalue weighted by atomic mass is 10.2. The maximum atomic E-state index is 11.7. The molecule has 3 aromatic heterocycles. The van der Waals surface area contributed by atoms with Gasteiger partial charge >= 0.3 is 0 Å². The van der Waals surface area contributed by atoms with E-state index in [0.717, 1.165) is 20.4 Å². The number of nitrogens with zero attached hydrogens (tertiary/aromatic N) is 2. The number of halogens is 1. The van der Waals surface area contributed by atoms with Crippen molar-refractivity contribution in [2.45, 2.75) is 19.8 Å². The third-order valence-corrected chi connectivity index (χ3v) is 3.91.